The lowest BCUT2D eigenvalue weighted by Crippen LogP contribution is -2.24. The number of ether oxygens (including phenoxy) is 1. The maximum absolute atomic E-state index is 15.5. The normalized spacial score (nSPS) is 11.1. The number of alkyl halides is 3. The van der Waals surface area contributed by atoms with Gasteiger partial charge in [-0.1, -0.05) is 79.5 Å². The molecular weight excluding hydrogens is 534 g/mol. The monoisotopic (exact) mass is 567 g/mol. The molecule has 0 fully saturated rings. The second-order valence-corrected chi connectivity index (χ2v) is 9.21. The minimum Gasteiger partial charge on any atom is -0.497 e. The maximum Gasteiger partial charge on any atom is 0.393 e. The Bertz CT molecular complexity index is 1100. The van der Waals surface area contributed by atoms with E-state index in [-0.39, 0.29) is 21.3 Å². The predicted molar refractivity (Wildman–Crippen MR) is 143 cm³/mol. The van der Waals surface area contributed by atoms with Crippen LogP contribution in [0.1, 0.15) is 55.0 Å². The molecule has 0 aliphatic carbocycles. The third-order valence-corrected chi connectivity index (χ3v) is 6.45. The van der Waals surface area contributed by atoms with Crippen molar-refractivity contribution in [3.8, 4) is 5.75 Å². The van der Waals surface area contributed by atoms with Gasteiger partial charge in [0.2, 0.25) is 0 Å². The molecule has 0 saturated carbocycles. The quantitative estimate of drug-likeness (QED) is 0.239. The first-order valence-corrected chi connectivity index (χ1v) is 12.9. The lowest BCUT2D eigenvalue weighted by Gasteiger charge is -2.28. The van der Waals surface area contributed by atoms with Crippen molar-refractivity contribution in [3.05, 3.63) is 92.7 Å². The summed E-state index contributed by atoms with van der Waals surface area (Å²) in [7, 11) is 1.59. The van der Waals surface area contributed by atoms with Crippen LogP contribution in [0, 0.1) is 12.7 Å². The van der Waals surface area contributed by atoms with E-state index < -0.39 is 18.4 Å². The molecule has 0 radical (unpaired) electrons. The summed E-state index contributed by atoms with van der Waals surface area (Å²) in [4.78, 5) is 1.85. The van der Waals surface area contributed by atoms with Crippen LogP contribution in [-0.4, -0.2) is 13.3 Å². The number of anilines is 1. The van der Waals surface area contributed by atoms with Crippen molar-refractivity contribution in [2.45, 2.75) is 66.2 Å². The molecule has 0 aromatic heterocycles. The molecule has 0 aliphatic heterocycles. The average molecular weight is 568 g/mol. The average Bonchev–Trinajstić information content (AvgIpc) is 2.86. The Hall–Kier alpha value is -2.54. The molecule has 0 N–H and O–H groups in total. The second-order valence-electron chi connectivity index (χ2n) is 8.36. The van der Waals surface area contributed by atoms with Crippen LogP contribution in [0.2, 0.25) is 0 Å². The van der Waals surface area contributed by atoms with E-state index in [9.17, 15) is 13.2 Å². The molecule has 0 unspecified atom stereocenters. The van der Waals surface area contributed by atoms with E-state index in [0.717, 1.165) is 24.0 Å². The van der Waals surface area contributed by atoms with Gasteiger partial charge < -0.3 is 9.64 Å². The van der Waals surface area contributed by atoms with Crippen LogP contribution < -0.4 is 9.64 Å². The Morgan fingerprint density at radius 2 is 1.39 bits per heavy atom. The Morgan fingerprint density at radius 3 is 1.86 bits per heavy atom. The van der Waals surface area contributed by atoms with E-state index in [4.69, 9.17) is 4.74 Å². The van der Waals surface area contributed by atoms with E-state index in [1.165, 1.54) is 18.6 Å². The van der Waals surface area contributed by atoms with E-state index in [0.29, 0.717) is 18.8 Å². The summed E-state index contributed by atoms with van der Waals surface area (Å²) in [6, 6.07) is 17.1. The fourth-order valence-electron chi connectivity index (χ4n) is 3.92. The maximum atomic E-state index is 15.5. The Labute approximate surface area is 220 Å². The standard InChI is InChI=1S/C27H28BrF4NO.C2H6/c1-4-5-19-6-8-20(9-7-19)16-33(17-21-10-12-22(34-3)13-11-21)25-14-24(28)23(15-27(30,31)32)18(2)26(25)29;1-2/h6-14H,4-5,15-17H2,1-3H3;1-2H3. The summed E-state index contributed by atoms with van der Waals surface area (Å²) in [6.45, 7) is 8.30. The highest BCUT2D eigenvalue weighted by Crippen LogP contribution is 2.36. The number of aryl methyl sites for hydroxylation is 1. The first-order chi connectivity index (χ1) is 17.1. The van der Waals surface area contributed by atoms with Gasteiger partial charge >= 0.3 is 6.18 Å². The van der Waals surface area contributed by atoms with Crippen LogP contribution in [0.15, 0.2) is 59.1 Å². The van der Waals surface area contributed by atoms with Crippen molar-refractivity contribution in [2.24, 2.45) is 0 Å². The molecule has 0 bridgehead atoms. The molecule has 3 aromatic rings. The van der Waals surface area contributed by atoms with E-state index >= 15 is 4.39 Å². The van der Waals surface area contributed by atoms with Crippen LogP contribution >= 0.6 is 15.9 Å². The minimum atomic E-state index is -4.43. The van der Waals surface area contributed by atoms with Gasteiger partial charge in [0.15, 0.2) is 0 Å². The van der Waals surface area contributed by atoms with Crippen LogP contribution in [0.5, 0.6) is 5.75 Å². The Kier molecular flexibility index (Phi) is 11.3. The summed E-state index contributed by atoms with van der Waals surface area (Å²) in [5.41, 5.74) is 3.32. The van der Waals surface area contributed by atoms with Crippen molar-refractivity contribution in [1.29, 1.82) is 0 Å². The predicted octanol–water partition coefficient (Wildman–Crippen LogP) is 9.20. The highest BCUT2D eigenvalue weighted by Gasteiger charge is 2.31. The van der Waals surface area contributed by atoms with Gasteiger partial charge in [-0.2, -0.15) is 13.2 Å². The number of methoxy groups -OCH3 is 1. The summed E-state index contributed by atoms with van der Waals surface area (Å²) >= 11 is 3.26. The van der Waals surface area contributed by atoms with Gasteiger partial charge in [0.05, 0.1) is 19.2 Å². The number of benzene rings is 3. The molecule has 0 aliphatic rings. The number of nitrogens with zero attached hydrogens (tertiary/aromatic N) is 1. The topological polar surface area (TPSA) is 12.5 Å². The molecular formula is C29H34BrF4NO. The summed E-state index contributed by atoms with van der Waals surface area (Å²) in [5.74, 6) is 0.0710. The second kappa shape index (κ2) is 13.7. The molecule has 3 aromatic carbocycles. The highest BCUT2D eigenvalue weighted by molar-refractivity contribution is 9.10. The van der Waals surface area contributed by atoms with Crippen LogP contribution in [0.25, 0.3) is 0 Å². The molecule has 196 valence electrons. The van der Waals surface area contributed by atoms with Gasteiger partial charge in [-0.3, -0.25) is 0 Å². The minimum absolute atomic E-state index is 0.000255. The van der Waals surface area contributed by atoms with Crippen LogP contribution in [0.3, 0.4) is 0 Å². The fraction of sp³-hybridized carbons (Fsp3) is 0.379. The van der Waals surface area contributed by atoms with Gasteiger partial charge in [0, 0.05) is 17.6 Å². The highest BCUT2D eigenvalue weighted by atomic mass is 79.9. The Balaban J connectivity index is 0.00000222. The van der Waals surface area contributed by atoms with E-state index in [1.807, 2.05) is 55.1 Å². The molecule has 3 rings (SSSR count). The van der Waals surface area contributed by atoms with Crippen LogP contribution in [0.4, 0.5) is 23.2 Å². The van der Waals surface area contributed by atoms with Crippen LogP contribution in [-0.2, 0) is 25.9 Å². The third-order valence-electron chi connectivity index (χ3n) is 5.74. The largest absolute Gasteiger partial charge is 0.497 e. The van der Waals surface area contributed by atoms with E-state index in [2.05, 4.69) is 35.0 Å². The van der Waals surface area contributed by atoms with Crippen molar-refractivity contribution in [3.63, 3.8) is 0 Å². The smallest absolute Gasteiger partial charge is 0.393 e. The van der Waals surface area contributed by atoms with Crippen molar-refractivity contribution in [1.82, 2.24) is 0 Å². The number of halogens is 5. The number of hydrogen-bond acceptors (Lipinski definition) is 2. The fourth-order valence-corrected chi connectivity index (χ4v) is 4.57. The Morgan fingerprint density at radius 1 is 0.889 bits per heavy atom. The SMILES string of the molecule is CC.CCCc1ccc(CN(Cc2ccc(OC)cc2)c2cc(Br)c(CC(F)(F)F)c(C)c2F)cc1. The molecule has 36 heavy (non-hydrogen) atoms. The molecule has 0 spiro atoms. The molecule has 0 atom stereocenters. The zero-order valence-corrected chi connectivity index (χ0v) is 23.1. The van der Waals surface area contributed by atoms with E-state index in [1.54, 1.807) is 7.11 Å². The number of rotatable bonds is 9. The molecule has 0 saturated heterocycles. The summed E-state index contributed by atoms with van der Waals surface area (Å²) in [6.07, 6.45) is -3.58. The summed E-state index contributed by atoms with van der Waals surface area (Å²) in [5, 5.41) is 0. The van der Waals surface area contributed by atoms with Crippen molar-refractivity contribution < 1.29 is 22.3 Å². The molecule has 2 nitrogen and oxygen atoms in total. The van der Waals surface area contributed by atoms with Gasteiger partial charge in [0.25, 0.3) is 0 Å². The third kappa shape index (κ3) is 8.26. The summed E-state index contributed by atoms with van der Waals surface area (Å²) < 4.78 is 60.1. The van der Waals surface area contributed by atoms with Crippen molar-refractivity contribution in [2.75, 3.05) is 12.0 Å². The van der Waals surface area contributed by atoms with Gasteiger partial charge in [0.1, 0.15) is 11.6 Å². The zero-order chi connectivity index (χ0) is 26.9. The van der Waals surface area contributed by atoms with Gasteiger partial charge in [-0.15, -0.1) is 0 Å². The molecule has 0 heterocycles. The molecule has 7 heteroatoms. The van der Waals surface area contributed by atoms with Gasteiger partial charge in [-0.25, -0.2) is 4.39 Å². The first kappa shape index (κ1) is 29.7. The lowest BCUT2D eigenvalue weighted by atomic mass is 10.0. The molecule has 0 amide bonds. The van der Waals surface area contributed by atoms with Gasteiger partial charge in [-0.05, 0) is 59.4 Å². The zero-order valence-electron chi connectivity index (χ0n) is 21.5. The van der Waals surface area contributed by atoms with Crippen molar-refractivity contribution >= 4 is 21.6 Å². The lowest BCUT2D eigenvalue weighted by molar-refractivity contribution is -0.127. The number of hydrogen-bond donors (Lipinski definition) is 0. The first-order valence-electron chi connectivity index (χ1n) is 12.1.